The highest BCUT2D eigenvalue weighted by molar-refractivity contribution is 5.94. The van der Waals surface area contributed by atoms with Gasteiger partial charge in [-0.05, 0) is 49.2 Å². The Labute approximate surface area is 153 Å². The molecule has 0 aliphatic heterocycles. The Hall–Kier alpha value is -3.02. The molecule has 2 aromatic carbocycles. The second kappa shape index (κ2) is 8.89. The molecule has 1 atom stereocenters. The standard InChI is InChI=1S/C20H25N3O3/c1-4-21-19(25)17-9-5-7-15(11-17)13-22-20(26)23(3)14(2)16-8-6-10-18(24)12-16/h5-12,14,24H,4,13H2,1-3H3,(H,21,25)(H,22,26). The predicted molar refractivity (Wildman–Crippen MR) is 101 cm³/mol. The highest BCUT2D eigenvalue weighted by Gasteiger charge is 2.17. The molecule has 2 rings (SSSR count). The van der Waals surface area contributed by atoms with E-state index >= 15 is 0 Å². The van der Waals surface area contributed by atoms with Crippen LogP contribution in [0.4, 0.5) is 4.79 Å². The molecule has 0 heterocycles. The molecule has 0 aliphatic carbocycles. The minimum atomic E-state index is -0.232. The number of hydrogen-bond acceptors (Lipinski definition) is 3. The zero-order valence-electron chi connectivity index (χ0n) is 15.3. The summed E-state index contributed by atoms with van der Waals surface area (Å²) >= 11 is 0. The van der Waals surface area contributed by atoms with Crippen LogP contribution < -0.4 is 10.6 Å². The van der Waals surface area contributed by atoms with Gasteiger partial charge in [-0.3, -0.25) is 4.79 Å². The lowest BCUT2D eigenvalue weighted by Crippen LogP contribution is -2.38. The molecule has 138 valence electrons. The van der Waals surface area contributed by atoms with E-state index in [1.54, 1.807) is 48.3 Å². The molecule has 2 aromatic rings. The normalized spacial score (nSPS) is 11.5. The second-order valence-electron chi connectivity index (χ2n) is 6.10. The molecule has 3 N–H and O–H groups in total. The van der Waals surface area contributed by atoms with Gasteiger partial charge in [0.05, 0.1) is 6.04 Å². The van der Waals surface area contributed by atoms with Crippen LogP contribution in [-0.2, 0) is 6.54 Å². The fraction of sp³-hybridized carbons (Fsp3) is 0.300. The fourth-order valence-corrected chi connectivity index (χ4v) is 2.57. The number of nitrogens with one attached hydrogen (secondary N) is 2. The Bertz CT molecular complexity index is 776. The highest BCUT2D eigenvalue weighted by Crippen LogP contribution is 2.22. The average Bonchev–Trinajstić information content (AvgIpc) is 2.65. The van der Waals surface area contributed by atoms with E-state index in [0.29, 0.717) is 18.7 Å². The molecule has 0 saturated carbocycles. The van der Waals surface area contributed by atoms with Crippen molar-refractivity contribution in [2.45, 2.75) is 26.4 Å². The van der Waals surface area contributed by atoms with Crippen molar-refractivity contribution in [1.29, 1.82) is 0 Å². The third-order valence-electron chi connectivity index (χ3n) is 4.22. The molecule has 6 heteroatoms. The summed E-state index contributed by atoms with van der Waals surface area (Å²) in [5.41, 5.74) is 2.27. The maximum absolute atomic E-state index is 12.4. The minimum Gasteiger partial charge on any atom is -0.508 e. The number of benzene rings is 2. The monoisotopic (exact) mass is 355 g/mol. The van der Waals surface area contributed by atoms with E-state index < -0.39 is 0 Å². The van der Waals surface area contributed by atoms with Gasteiger partial charge in [0.1, 0.15) is 5.75 Å². The number of phenolic OH excluding ortho intramolecular Hbond substituents is 1. The number of amides is 3. The lowest BCUT2D eigenvalue weighted by atomic mass is 10.1. The van der Waals surface area contributed by atoms with Gasteiger partial charge < -0.3 is 20.6 Å². The van der Waals surface area contributed by atoms with Crippen molar-refractivity contribution in [3.05, 3.63) is 65.2 Å². The largest absolute Gasteiger partial charge is 0.508 e. The van der Waals surface area contributed by atoms with E-state index in [1.165, 1.54) is 0 Å². The topological polar surface area (TPSA) is 81.7 Å². The SMILES string of the molecule is CCNC(=O)c1cccc(CNC(=O)N(C)C(C)c2cccc(O)c2)c1. The molecule has 3 amide bonds. The van der Waals surface area contributed by atoms with Crippen LogP contribution in [0.5, 0.6) is 5.75 Å². The lowest BCUT2D eigenvalue weighted by Gasteiger charge is -2.25. The van der Waals surface area contributed by atoms with E-state index in [0.717, 1.165) is 11.1 Å². The van der Waals surface area contributed by atoms with Gasteiger partial charge in [0, 0.05) is 25.7 Å². The van der Waals surface area contributed by atoms with E-state index in [9.17, 15) is 14.7 Å². The Morgan fingerprint density at radius 2 is 1.85 bits per heavy atom. The van der Waals surface area contributed by atoms with Gasteiger partial charge in [-0.1, -0.05) is 24.3 Å². The third-order valence-corrected chi connectivity index (χ3v) is 4.22. The molecule has 1 unspecified atom stereocenters. The number of hydrogen-bond donors (Lipinski definition) is 3. The van der Waals surface area contributed by atoms with Gasteiger partial charge in [-0.2, -0.15) is 0 Å². The van der Waals surface area contributed by atoms with Crippen molar-refractivity contribution in [2.24, 2.45) is 0 Å². The lowest BCUT2D eigenvalue weighted by molar-refractivity contribution is 0.0955. The van der Waals surface area contributed by atoms with E-state index in [-0.39, 0.29) is 23.7 Å². The molecule has 0 spiro atoms. The van der Waals surface area contributed by atoms with Crippen molar-refractivity contribution >= 4 is 11.9 Å². The first-order valence-corrected chi connectivity index (χ1v) is 8.59. The quantitative estimate of drug-likeness (QED) is 0.745. The molecule has 0 saturated heterocycles. The summed E-state index contributed by atoms with van der Waals surface area (Å²) in [6.45, 7) is 4.65. The van der Waals surface area contributed by atoms with Crippen molar-refractivity contribution in [3.63, 3.8) is 0 Å². The van der Waals surface area contributed by atoms with Gasteiger partial charge in [-0.15, -0.1) is 0 Å². The molecule has 26 heavy (non-hydrogen) atoms. The molecule has 0 bridgehead atoms. The summed E-state index contributed by atoms with van der Waals surface area (Å²) in [7, 11) is 1.70. The summed E-state index contributed by atoms with van der Waals surface area (Å²) in [5.74, 6) is 0.0423. The van der Waals surface area contributed by atoms with Gasteiger partial charge in [0.15, 0.2) is 0 Å². The van der Waals surface area contributed by atoms with E-state index in [4.69, 9.17) is 0 Å². The van der Waals surface area contributed by atoms with Crippen LogP contribution in [0.25, 0.3) is 0 Å². The van der Waals surface area contributed by atoms with Crippen molar-refractivity contribution in [1.82, 2.24) is 15.5 Å². The van der Waals surface area contributed by atoms with Crippen LogP contribution in [-0.4, -0.2) is 35.5 Å². The molecule has 0 radical (unpaired) electrons. The zero-order chi connectivity index (χ0) is 19.1. The van der Waals surface area contributed by atoms with Crippen LogP contribution in [0.1, 0.15) is 41.4 Å². The molecule has 0 aromatic heterocycles. The Balaban J connectivity index is 1.97. The Kier molecular flexibility index (Phi) is 6.60. The first-order chi connectivity index (χ1) is 12.4. The molecule has 6 nitrogen and oxygen atoms in total. The van der Waals surface area contributed by atoms with Crippen LogP contribution in [0.3, 0.4) is 0 Å². The Morgan fingerprint density at radius 3 is 2.54 bits per heavy atom. The summed E-state index contributed by atoms with van der Waals surface area (Å²) in [6.07, 6.45) is 0. The highest BCUT2D eigenvalue weighted by atomic mass is 16.3. The van der Waals surface area contributed by atoms with Crippen LogP contribution in [0.15, 0.2) is 48.5 Å². The van der Waals surface area contributed by atoms with Gasteiger partial charge in [0.25, 0.3) is 5.91 Å². The molecular formula is C20H25N3O3. The van der Waals surface area contributed by atoms with E-state index in [2.05, 4.69) is 10.6 Å². The number of aromatic hydroxyl groups is 1. The van der Waals surface area contributed by atoms with Crippen LogP contribution in [0, 0.1) is 0 Å². The maximum atomic E-state index is 12.4. The van der Waals surface area contributed by atoms with Crippen molar-refractivity contribution in [3.8, 4) is 5.75 Å². The second-order valence-corrected chi connectivity index (χ2v) is 6.10. The predicted octanol–water partition coefficient (Wildman–Crippen LogP) is 3.04. The van der Waals surface area contributed by atoms with Crippen molar-refractivity contribution < 1.29 is 14.7 Å². The summed E-state index contributed by atoms with van der Waals surface area (Å²) in [4.78, 5) is 25.9. The third kappa shape index (κ3) is 4.99. The smallest absolute Gasteiger partial charge is 0.317 e. The zero-order valence-corrected chi connectivity index (χ0v) is 15.3. The number of carbonyl (C=O) groups is 2. The van der Waals surface area contributed by atoms with Gasteiger partial charge in [-0.25, -0.2) is 4.79 Å². The number of urea groups is 1. The fourth-order valence-electron chi connectivity index (χ4n) is 2.57. The van der Waals surface area contributed by atoms with Gasteiger partial charge >= 0.3 is 6.03 Å². The number of rotatable bonds is 6. The maximum Gasteiger partial charge on any atom is 0.317 e. The summed E-state index contributed by atoms with van der Waals surface area (Å²) < 4.78 is 0. The molecular weight excluding hydrogens is 330 g/mol. The van der Waals surface area contributed by atoms with Crippen LogP contribution in [0.2, 0.25) is 0 Å². The minimum absolute atomic E-state index is 0.129. The summed E-state index contributed by atoms with van der Waals surface area (Å²) in [6, 6.07) is 13.6. The first kappa shape index (κ1) is 19.3. The summed E-state index contributed by atoms with van der Waals surface area (Å²) in [5, 5.41) is 15.2. The van der Waals surface area contributed by atoms with Crippen molar-refractivity contribution in [2.75, 3.05) is 13.6 Å². The number of nitrogens with zero attached hydrogens (tertiary/aromatic N) is 1. The van der Waals surface area contributed by atoms with E-state index in [1.807, 2.05) is 26.0 Å². The van der Waals surface area contributed by atoms with Crippen LogP contribution >= 0.6 is 0 Å². The molecule has 0 aliphatic rings. The Morgan fingerprint density at radius 1 is 1.12 bits per heavy atom. The van der Waals surface area contributed by atoms with Gasteiger partial charge in [0.2, 0.25) is 0 Å². The average molecular weight is 355 g/mol. The number of carbonyl (C=O) groups excluding carboxylic acids is 2. The first-order valence-electron chi connectivity index (χ1n) is 8.59. The number of phenols is 1. The molecule has 0 fully saturated rings.